The summed E-state index contributed by atoms with van der Waals surface area (Å²) in [7, 11) is -4.42. The molecule has 2 aliphatic rings. The van der Waals surface area contributed by atoms with Gasteiger partial charge in [-0.2, -0.15) is 8.42 Å². The molecule has 0 spiro atoms. The fraction of sp³-hybridized carbons (Fsp3) is 0.316. The van der Waals surface area contributed by atoms with E-state index in [1.165, 1.54) is 11.8 Å². The molecule has 2 aliphatic heterocycles. The summed E-state index contributed by atoms with van der Waals surface area (Å²) in [5, 5.41) is 24.2. The Morgan fingerprint density at radius 3 is 2.68 bits per heavy atom. The second-order valence-electron chi connectivity index (χ2n) is 7.62. The number of hydrogen-bond acceptors (Lipinski definition) is 13. The maximum absolute atomic E-state index is 12.9. The summed E-state index contributed by atoms with van der Waals surface area (Å²) in [5.74, 6) is -3.83. The van der Waals surface area contributed by atoms with Gasteiger partial charge in [0, 0.05) is 17.1 Å². The summed E-state index contributed by atoms with van der Waals surface area (Å²) in [5.41, 5.74) is 0.305. The number of benzene rings is 1. The maximum Gasteiger partial charge on any atom is 1.00 e. The van der Waals surface area contributed by atoms with E-state index in [1.807, 2.05) is 0 Å². The Bertz CT molecular complexity index is 1370. The van der Waals surface area contributed by atoms with Gasteiger partial charge >= 0.3 is 29.6 Å². The van der Waals surface area contributed by atoms with Gasteiger partial charge in [-0.05, 0) is 16.0 Å². The van der Waals surface area contributed by atoms with Crippen molar-refractivity contribution < 1.29 is 71.5 Å². The minimum atomic E-state index is -4.42. The van der Waals surface area contributed by atoms with Crippen LogP contribution in [0, 0.1) is 0 Å². The number of carboxylic acids is 1. The zero-order valence-corrected chi connectivity index (χ0v) is 23.9. The topological polar surface area (TPSA) is 214 Å². The van der Waals surface area contributed by atoms with E-state index in [0.29, 0.717) is 5.56 Å². The Morgan fingerprint density at radius 2 is 2.05 bits per heavy atom. The standard InChI is InChI=1S/C19H18N6O9S3.Na/c26-9-34-14(10-4-2-1-3-5-10)15(27)20-12-16(28)25-13(18(29)30)11(6-35-17(12)25)7-36-19-21-22-23-24(19)8-37(31,32)33;/h1-5,9,12,14,17H,6-8H2,(H,20,27)(H,29,30)(H,31,32,33);/q;+1/p-1/t12?,14?,17-;/m0./s1. The fourth-order valence-electron chi connectivity index (χ4n) is 3.67. The molecule has 1 saturated heterocycles. The molecule has 1 fully saturated rings. The average molecular weight is 593 g/mol. The Labute approximate surface area is 245 Å². The quantitative estimate of drug-likeness (QED) is 0.0822. The van der Waals surface area contributed by atoms with E-state index in [9.17, 15) is 32.7 Å². The minimum Gasteiger partial charge on any atom is -0.543 e. The molecule has 2 amide bonds. The van der Waals surface area contributed by atoms with E-state index in [2.05, 4.69) is 20.8 Å². The molecular formula is C19H17N6NaO9S3. The third-order valence-electron chi connectivity index (χ3n) is 5.23. The van der Waals surface area contributed by atoms with Gasteiger partial charge in [0.05, 0.1) is 11.7 Å². The summed E-state index contributed by atoms with van der Waals surface area (Å²) in [4.78, 5) is 49.5. The van der Waals surface area contributed by atoms with Gasteiger partial charge in [-0.3, -0.25) is 23.8 Å². The summed E-state index contributed by atoms with van der Waals surface area (Å²) >= 11 is 2.09. The van der Waals surface area contributed by atoms with Gasteiger partial charge in [0.2, 0.25) is 11.3 Å². The van der Waals surface area contributed by atoms with E-state index >= 15 is 0 Å². The zero-order valence-electron chi connectivity index (χ0n) is 19.5. The van der Waals surface area contributed by atoms with Crippen molar-refractivity contribution >= 4 is 57.9 Å². The fourth-order valence-corrected chi connectivity index (χ4v) is 6.60. The number of β-lactam (4-membered cyclic amide) rings is 1. The van der Waals surface area contributed by atoms with Gasteiger partial charge in [-0.25, -0.2) is 4.68 Å². The van der Waals surface area contributed by atoms with Crippen molar-refractivity contribution in [2.75, 3.05) is 11.5 Å². The monoisotopic (exact) mass is 592 g/mol. The van der Waals surface area contributed by atoms with Crippen molar-refractivity contribution in [3.63, 3.8) is 0 Å². The molecule has 0 bridgehead atoms. The molecule has 19 heteroatoms. The van der Waals surface area contributed by atoms with E-state index in [4.69, 9.17) is 9.29 Å². The molecule has 1 aromatic carbocycles. The maximum atomic E-state index is 12.9. The number of tetrazole rings is 1. The number of aliphatic carboxylic acids is 1. The van der Waals surface area contributed by atoms with Crippen LogP contribution in [0.25, 0.3) is 0 Å². The Balaban J connectivity index is 0.00000400. The molecule has 38 heavy (non-hydrogen) atoms. The number of rotatable bonds is 11. The van der Waals surface area contributed by atoms with Crippen molar-refractivity contribution in [3.8, 4) is 0 Å². The summed E-state index contributed by atoms with van der Waals surface area (Å²) in [6.07, 6.45) is -1.30. The molecule has 1 aromatic heterocycles. The summed E-state index contributed by atoms with van der Waals surface area (Å²) < 4.78 is 37.0. The third kappa shape index (κ3) is 6.56. The largest absolute Gasteiger partial charge is 1.00 e. The first kappa shape index (κ1) is 30.1. The first-order valence-electron chi connectivity index (χ1n) is 10.3. The van der Waals surface area contributed by atoms with Crippen LogP contribution in [-0.4, -0.2) is 85.3 Å². The first-order valence-corrected chi connectivity index (χ1v) is 13.9. The zero-order chi connectivity index (χ0) is 26.7. The smallest absolute Gasteiger partial charge is 0.543 e. The van der Waals surface area contributed by atoms with Crippen LogP contribution in [0.1, 0.15) is 11.7 Å². The number of nitrogens with one attached hydrogen (secondary N) is 1. The second-order valence-corrected chi connectivity index (χ2v) is 11.1. The molecular weight excluding hydrogens is 575 g/mol. The predicted molar refractivity (Wildman–Crippen MR) is 123 cm³/mol. The van der Waals surface area contributed by atoms with Crippen LogP contribution in [0.5, 0.6) is 0 Å². The van der Waals surface area contributed by atoms with Gasteiger partial charge in [0.15, 0.2) is 5.88 Å². The van der Waals surface area contributed by atoms with Gasteiger partial charge in [0.1, 0.15) is 11.4 Å². The third-order valence-corrected chi connectivity index (χ3v) is 8.18. The SMILES string of the molecule is O=COC(C(=O)NC1C(=O)N2C(C(=O)[O-])=C(CSc3nnnn3CS(=O)(=O)O)CS[C@@H]12)c1ccccc1.[Na+]. The molecule has 0 radical (unpaired) electrons. The molecule has 2 aromatic rings. The molecule has 2 unspecified atom stereocenters. The van der Waals surface area contributed by atoms with Gasteiger partial charge in [0.25, 0.3) is 28.4 Å². The molecule has 3 heterocycles. The van der Waals surface area contributed by atoms with Crippen molar-refractivity contribution in [3.05, 3.63) is 47.2 Å². The first-order chi connectivity index (χ1) is 17.6. The van der Waals surface area contributed by atoms with E-state index in [0.717, 1.165) is 21.3 Å². The van der Waals surface area contributed by atoms with Crippen molar-refractivity contribution in [2.45, 2.75) is 28.6 Å². The molecule has 0 saturated carbocycles. The van der Waals surface area contributed by atoms with E-state index < -0.39 is 51.3 Å². The summed E-state index contributed by atoms with van der Waals surface area (Å²) in [6.45, 7) is 0.120. The van der Waals surface area contributed by atoms with Crippen LogP contribution < -0.4 is 40.0 Å². The Hall–Kier alpha value is -2.48. The second kappa shape index (κ2) is 12.6. The van der Waals surface area contributed by atoms with E-state index in [1.54, 1.807) is 30.3 Å². The van der Waals surface area contributed by atoms with Crippen LogP contribution >= 0.6 is 23.5 Å². The number of ether oxygens (including phenoxy) is 1. The number of aromatic nitrogens is 4. The average Bonchev–Trinajstić information content (AvgIpc) is 3.29. The number of carbonyl (C=O) groups is 4. The number of nitrogens with zero attached hydrogens (tertiary/aromatic N) is 5. The molecule has 3 atom stereocenters. The normalized spacial score (nSPS) is 19.5. The number of carbonyl (C=O) groups excluding carboxylic acids is 4. The number of thioether (sulfide) groups is 2. The Morgan fingerprint density at radius 1 is 1.34 bits per heavy atom. The van der Waals surface area contributed by atoms with E-state index in [-0.39, 0.29) is 64.0 Å². The predicted octanol–water partition coefficient (Wildman–Crippen LogP) is -5.07. The van der Waals surface area contributed by atoms with Crippen LogP contribution in [0.2, 0.25) is 0 Å². The van der Waals surface area contributed by atoms with Gasteiger partial charge in [-0.1, -0.05) is 42.1 Å². The number of fused-ring (bicyclic) bond motifs is 1. The molecule has 15 nitrogen and oxygen atoms in total. The van der Waals surface area contributed by atoms with Crippen LogP contribution in [0.15, 0.2) is 46.8 Å². The van der Waals surface area contributed by atoms with Crippen LogP contribution in [0.3, 0.4) is 0 Å². The minimum absolute atomic E-state index is 0. The molecule has 4 rings (SSSR count). The van der Waals surface area contributed by atoms with Crippen LogP contribution in [-0.2, 0) is 39.9 Å². The molecule has 2 N–H and O–H groups in total. The molecule has 0 aliphatic carbocycles. The van der Waals surface area contributed by atoms with Gasteiger partial charge < -0.3 is 20.0 Å². The number of carboxylic acid groups (broad SMARTS) is 1. The van der Waals surface area contributed by atoms with Crippen molar-refractivity contribution in [1.29, 1.82) is 0 Å². The van der Waals surface area contributed by atoms with Crippen molar-refractivity contribution in [1.82, 2.24) is 30.4 Å². The van der Waals surface area contributed by atoms with Gasteiger partial charge in [-0.15, -0.1) is 16.9 Å². The van der Waals surface area contributed by atoms with Crippen molar-refractivity contribution in [2.24, 2.45) is 0 Å². The Kier molecular flexibility index (Phi) is 9.96. The molecule has 196 valence electrons. The number of hydrogen-bond donors (Lipinski definition) is 2. The summed E-state index contributed by atoms with van der Waals surface area (Å²) in [6, 6.07) is 7.09. The number of amides is 2. The van der Waals surface area contributed by atoms with Crippen LogP contribution in [0.4, 0.5) is 0 Å².